The van der Waals surface area contributed by atoms with Gasteiger partial charge in [0.15, 0.2) is 6.61 Å². The molecule has 1 aliphatic carbocycles. The highest BCUT2D eigenvalue weighted by Gasteiger charge is 2.26. The zero-order valence-corrected chi connectivity index (χ0v) is 16.9. The fourth-order valence-corrected chi connectivity index (χ4v) is 2.62. The van der Waals surface area contributed by atoms with Crippen LogP contribution in [0.4, 0.5) is 5.69 Å². The summed E-state index contributed by atoms with van der Waals surface area (Å²) in [4.78, 5) is 35.6. The van der Waals surface area contributed by atoms with Crippen molar-refractivity contribution in [2.75, 3.05) is 11.9 Å². The Kier molecular flexibility index (Phi) is 6.79. The molecule has 1 saturated carbocycles. The van der Waals surface area contributed by atoms with Gasteiger partial charge in [0.25, 0.3) is 5.91 Å². The highest BCUT2D eigenvalue weighted by Crippen LogP contribution is 2.19. The predicted octanol–water partition coefficient (Wildman–Crippen LogP) is 2.05. The van der Waals surface area contributed by atoms with E-state index in [1.54, 1.807) is 24.3 Å². The molecule has 30 heavy (non-hydrogen) atoms. The van der Waals surface area contributed by atoms with Crippen LogP contribution in [0, 0.1) is 13.8 Å². The summed E-state index contributed by atoms with van der Waals surface area (Å²) in [5, 5.41) is 9.21. The first kappa shape index (κ1) is 21.0. The van der Waals surface area contributed by atoms with E-state index in [1.807, 2.05) is 32.0 Å². The van der Waals surface area contributed by atoms with Crippen molar-refractivity contribution in [2.24, 2.45) is 5.10 Å². The predicted molar refractivity (Wildman–Crippen MR) is 113 cm³/mol. The third-order valence-corrected chi connectivity index (χ3v) is 4.65. The minimum atomic E-state index is -0.829. The van der Waals surface area contributed by atoms with Crippen molar-refractivity contribution in [3.8, 4) is 5.75 Å². The number of carbonyl (C=O) groups is 3. The molecule has 156 valence electrons. The molecule has 0 atom stereocenters. The van der Waals surface area contributed by atoms with Crippen LogP contribution in [0.2, 0.25) is 0 Å². The maximum absolute atomic E-state index is 12.3. The van der Waals surface area contributed by atoms with Crippen LogP contribution < -0.4 is 20.8 Å². The Hall–Kier alpha value is -3.68. The van der Waals surface area contributed by atoms with Gasteiger partial charge in [-0.15, -0.1) is 0 Å². The lowest BCUT2D eigenvalue weighted by molar-refractivity contribution is -0.139. The SMILES string of the molecule is Cc1cccc(NC(=O)COc2ccccc2/C=N\NC(=O)C(=O)NC2CC2)c1C. The summed E-state index contributed by atoms with van der Waals surface area (Å²) >= 11 is 0. The Morgan fingerprint density at radius 3 is 2.60 bits per heavy atom. The summed E-state index contributed by atoms with van der Waals surface area (Å²) in [5.41, 5.74) is 5.57. The van der Waals surface area contributed by atoms with E-state index >= 15 is 0 Å². The van der Waals surface area contributed by atoms with Crippen molar-refractivity contribution in [1.29, 1.82) is 0 Å². The molecule has 2 aromatic rings. The molecule has 0 aliphatic heterocycles. The van der Waals surface area contributed by atoms with Crippen molar-refractivity contribution >= 4 is 29.6 Å². The van der Waals surface area contributed by atoms with Crippen molar-refractivity contribution in [2.45, 2.75) is 32.7 Å². The molecule has 0 heterocycles. The number of nitrogens with zero attached hydrogens (tertiary/aromatic N) is 1. The van der Waals surface area contributed by atoms with E-state index in [1.165, 1.54) is 6.21 Å². The van der Waals surface area contributed by atoms with E-state index in [0.29, 0.717) is 11.3 Å². The van der Waals surface area contributed by atoms with E-state index in [-0.39, 0.29) is 18.6 Å². The number of nitrogens with one attached hydrogen (secondary N) is 3. The number of ether oxygens (including phenoxy) is 1. The van der Waals surface area contributed by atoms with E-state index in [2.05, 4.69) is 21.2 Å². The van der Waals surface area contributed by atoms with E-state index in [0.717, 1.165) is 29.7 Å². The number of aryl methyl sites for hydroxylation is 1. The number of carbonyl (C=O) groups excluding carboxylic acids is 3. The Morgan fingerprint density at radius 2 is 1.83 bits per heavy atom. The molecule has 0 spiro atoms. The van der Waals surface area contributed by atoms with Gasteiger partial charge in [0, 0.05) is 17.3 Å². The smallest absolute Gasteiger partial charge is 0.329 e. The first-order valence-corrected chi connectivity index (χ1v) is 9.66. The molecule has 8 heteroatoms. The Bertz CT molecular complexity index is 983. The zero-order chi connectivity index (χ0) is 21.5. The molecule has 3 rings (SSSR count). The van der Waals surface area contributed by atoms with E-state index in [9.17, 15) is 14.4 Å². The summed E-state index contributed by atoms with van der Waals surface area (Å²) in [6.07, 6.45) is 3.15. The van der Waals surface area contributed by atoms with Gasteiger partial charge in [0.2, 0.25) is 0 Å². The number of rotatable bonds is 7. The monoisotopic (exact) mass is 408 g/mol. The zero-order valence-electron chi connectivity index (χ0n) is 16.9. The summed E-state index contributed by atoms with van der Waals surface area (Å²) in [6, 6.07) is 12.7. The van der Waals surface area contributed by atoms with Crippen molar-refractivity contribution in [1.82, 2.24) is 10.7 Å². The van der Waals surface area contributed by atoms with Crippen LogP contribution in [0.25, 0.3) is 0 Å². The molecule has 2 aromatic carbocycles. The third-order valence-electron chi connectivity index (χ3n) is 4.65. The van der Waals surface area contributed by atoms with Crippen molar-refractivity contribution in [3.05, 3.63) is 59.2 Å². The van der Waals surface area contributed by atoms with Gasteiger partial charge in [-0.05, 0) is 56.0 Å². The first-order chi connectivity index (χ1) is 14.4. The average molecular weight is 408 g/mol. The number of para-hydroxylation sites is 1. The Labute approximate surface area is 174 Å². The van der Waals surface area contributed by atoms with Crippen molar-refractivity contribution < 1.29 is 19.1 Å². The number of hydrogen-bond donors (Lipinski definition) is 3. The highest BCUT2D eigenvalue weighted by molar-refractivity contribution is 6.35. The second kappa shape index (κ2) is 9.69. The van der Waals surface area contributed by atoms with Crippen LogP contribution >= 0.6 is 0 Å². The van der Waals surface area contributed by atoms with Gasteiger partial charge >= 0.3 is 11.8 Å². The van der Waals surface area contributed by atoms with Crippen molar-refractivity contribution in [3.63, 3.8) is 0 Å². The molecule has 0 bridgehead atoms. The van der Waals surface area contributed by atoms with Crippen LogP contribution in [0.1, 0.15) is 29.5 Å². The van der Waals surface area contributed by atoms with E-state index < -0.39 is 11.8 Å². The van der Waals surface area contributed by atoms with Crippen LogP contribution in [0.5, 0.6) is 5.75 Å². The molecule has 0 unspecified atom stereocenters. The topological polar surface area (TPSA) is 109 Å². The standard InChI is InChI=1S/C22H24N4O4/c1-14-6-5-8-18(15(14)2)25-20(27)13-30-19-9-4-3-7-16(19)12-23-26-22(29)21(28)24-17-10-11-17/h3-9,12,17H,10-11,13H2,1-2H3,(H,24,28)(H,25,27)(H,26,29)/b23-12-. The molecule has 1 fully saturated rings. The van der Waals surface area contributed by atoms with Gasteiger partial charge in [-0.25, -0.2) is 5.43 Å². The minimum Gasteiger partial charge on any atom is -0.483 e. The first-order valence-electron chi connectivity index (χ1n) is 9.66. The largest absolute Gasteiger partial charge is 0.483 e. The minimum absolute atomic E-state index is 0.0936. The van der Waals surface area contributed by atoms with Gasteiger partial charge in [0.05, 0.1) is 6.21 Å². The normalized spacial score (nSPS) is 13.0. The van der Waals surface area contributed by atoms with E-state index in [4.69, 9.17) is 4.74 Å². The van der Waals surface area contributed by atoms with Gasteiger partial charge < -0.3 is 15.4 Å². The summed E-state index contributed by atoms with van der Waals surface area (Å²) in [7, 11) is 0. The number of benzene rings is 2. The quantitative estimate of drug-likeness (QED) is 0.370. The highest BCUT2D eigenvalue weighted by atomic mass is 16.5. The van der Waals surface area contributed by atoms with Gasteiger partial charge in [-0.1, -0.05) is 24.3 Å². The average Bonchev–Trinajstić information content (AvgIpc) is 3.54. The molecular weight excluding hydrogens is 384 g/mol. The molecule has 3 amide bonds. The number of anilines is 1. The molecule has 0 radical (unpaired) electrons. The molecule has 0 saturated heterocycles. The lowest BCUT2D eigenvalue weighted by Gasteiger charge is -2.12. The fourth-order valence-electron chi connectivity index (χ4n) is 2.62. The Balaban J connectivity index is 1.54. The molecule has 3 N–H and O–H groups in total. The number of hydrazone groups is 1. The van der Waals surface area contributed by atoms with Crippen LogP contribution in [0.15, 0.2) is 47.6 Å². The summed E-state index contributed by atoms with van der Waals surface area (Å²) < 4.78 is 5.61. The lowest BCUT2D eigenvalue weighted by Crippen LogP contribution is -2.38. The maximum atomic E-state index is 12.3. The third kappa shape index (κ3) is 5.91. The second-order valence-corrected chi connectivity index (χ2v) is 7.07. The number of amides is 3. The van der Waals surface area contributed by atoms with Gasteiger partial charge in [-0.3, -0.25) is 14.4 Å². The van der Waals surface area contributed by atoms with Crippen LogP contribution in [-0.4, -0.2) is 36.6 Å². The van der Waals surface area contributed by atoms with Crippen LogP contribution in [0.3, 0.4) is 0 Å². The molecular formula is C22H24N4O4. The number of hydrogen-bond acceptors (Lipinski definition) is 5. The van der Waals surface area contributed by atoms with Gasteiger partial charge in [0.1, 0.15) is 5.75 Å². The lowest BCUT2D eigenvalue weighted by atomic mass is 10.1. The summed E-state index contributed by atoms with van der Waals surface area (Å²) in [5.74, 6) is -1.40. The van der Waals surface area contributed by atoms with Crippen LogP contribution in [-0.2, 0) is 14.4 Å². The summed E-state index contributed by atoms with van der Waals surface area (Å²) in [6.45, 7) is 3.73. The second-order valence-electron chi connectivity index (χ2n) is 7.07. The molecule has 8 nitrogen and oxygen atoms in total. The van der Waals surface area contributed by atoms with Gasteiger partial charge in [-0.2, -0.15) is 5.10 Å². The Morgan fingerprint density at radius 1 is 1.07 bits per heavy atom. The molecule has 0 aromatic heterocycles. The maximum Gasteiger partial charge on any atom is 0.329 e. The molecule has 1 aliphatic rings. The fraction of sp³-hybridized carbons (Fsp3) is 0.273.